The number of hydrogen-bond acceptors (Lipinski definition) is 7. The zero-order valence-electron chi connectivity index (χ0n) is 17.5. The van der Waals surface area contributed by atoms with Gasteiger partial charge < -0.3 is 19.5 Å². The largest absolute Gasteiger partial charge is 0.474 e. The van der Waals surface area contributed by atoms with Crippen LogP contribution < -0.4 is 9.64 Å². The number of halogens is 2. The van der Waals surface area contributed by atoms with Gasteiger partial charge in [0.1, 0.15) is 11.9 Å². The first-order chi connectivity index (χ1) is 15.6. The molecular weight excluding hydrogens is 420 g/mol. The van der Waals surface area contributed by atoms with E-state index in [4.69, 9.17) is 9.47 Å². The summed E-state index contributed by atoms with van der Waals surface area (Å²) in [6, 6.07) is 8.55. The van der Waals surface area contributed by atoms with Gasteiger partial charge in [-0.05, 0) is 31.4 Å². The van der Waals surface area contributed by atoms with Gasteiger partial charge in [-0.2, -0.15) is 9.97 Å². The van der Waals surface area contributed by atoms with Crippen LogP contribution in [0.4, 0.5) is 14.7 Å². The number of aliphatic hydroxyl groups is 1. The molecule has 8 nitrogen and oxygen atoms in total. The van der Waals surface area contributed by atoms with E-state index in [0.29, 0.717) is 55.6 Å². The van der Waals surface area contributed by atoms with Crippen LogP contribution in [0.3, 0.4) is 0 Å². The number of benzene rings is 1. The number of aromatic nitrogens is 4. The summed E-state index contributed by atoms with van der Waals surface area (Å²) in [6.45, 7) is 2.26. The van der Waals surface area contributed by atoms with Crippen molar-refractivity contribution in [2.45, 2.75) is 44.3 Å². The molecule has 3 aromatic rings. The normalized spacial score (nSPS) is 21.9. The number of hydrogen-bond donors (Lipinski definition) is 1. The maximum Gasteiger partial charge on any atom is 0.296 e. The zero-order valence-corrected chi connectivity index (χ0v) is 17.5. The fourth-order valence-corrected chi connectivity index (χ4v) is 4.31. The Hall–Kier alpha value is -2.85. The summed E-state index contributed by atoms with van der Waals surface area (Å²) in [5.41, 5.74) is 1.00. The van der Waals surface area contributed by atoms with E-state index in [0.717, 1.165) is 19.3 Å². The molecule has 2 fully saturated rings. The molecular formula is C22H25F2N5O3. The lowest BCUT2D eigenvalue weighted by atomic mass is 9.95. The molecule has 0 bridgehead atoms. The second-order valence-corrected chi connectivity index (χ2v) is 8.12. The second-order valence-electron chi connectivity index (χ2n) is 8.12. The lowest BCUT2D eigenvalue weighted by Gasteiger charge is -2.29. The maximum absolute atomic E-state index is 13.9. The summed E-state index contributed by atoms with van der Waals surface area (Å²) in [7, 11) is 0. The number of alkyl halides is 2. The van der Waals surface area contributed by atoms with E-state index < -0.39 is 12.5 Å². The average Bonchev–Trinajstić information content (AvgIpc) is 3.20. The van der Waals surface area contributed by atoms with Crippen molar-refractivity contribution in [2.75, 3.05) is 31.2 Å². The van der Waals surface area contributed by atoms with Gasteiger partial charge in [-0.1, -0.05) is 12.1 Å². The van der Waals surface area contributed by atoms with Gasteiger partial charge in [0.25, 0.3) is 6.43 Å². The molecule has 170 valence electrons. The van der Waals surface area contributed by atoms with E-state index in [1.165, 1.54) is 4.57 Å². The van der Waals surface area contributed by atoms with Crippen LogP contribution in [0.2, 0.25) is 0 Å². The Bertz CT molecular complexity index is 1090. The van der Waals surface area contributed by atoms with Gasteiger partial charge in [-0.15, -0.1) is 0 Å². The fourth-order valence-electron chi connectivity index (χ4n) is 4.31. The molecule has 0 radical (unpaired) electrons. The molecule has 32 heavy (non-hydrogen) atoms. The van der Waals surface area contributed by atoms with Crippen molar-refractivity contribution in [2.24, 2.45) is 0 Å². The van der Waals surface area contributed by atoms with Crippen molar-refractivity contribution in [1.82, 2.24) is 19.5 Å². The van der Waals surface area contributed by atoms with Crippen molar-refractivity contribution >= 4 is 17.0 Å². The third kappa shape index (κ3) is 4.24. The molecule has 2 aliphatic rings. The molecule has 1 N–H and O–H groups in total. The molecule has 1 aromatic carbocycles. The Morgan fingerprint density at radius 2 is 1.91 bits per heavy atom. The van der Waals surface area contributed by atoms with Gasteiger partial charge in [0.2, 0.25) is 11.8 Å². The molecule has 2 aromatic heterocycles. The smallest absolute Gasteiger partial charge is 0.296 e. The minimum Gasteiger partial charge on any atom is -0.474 e. The first kappa shape index (κ1) is 21.0. The molecule has 10 heteroatoms. The third-order valence-corrected chi connectivity index (χ3v) is 5.87. The number of para-hydroxylation sites is 2. The van der Waals surface area contributed by atoms with E-state index in [-0.39, 0.29) is 17.7 Å². The number of aliphatic hydroxyl groups excluding tert-OH is 1. The topological polar surface area (TPSA) is 85.5 Å². The predicted molar refractivity (Wildman–Crippen MR) is 114 cm³/mol. The standard InChI is InChI=1S/C22H25F2N5O3/c23-20(24)21-25-16-6-1-2-7-17(16)29(21)18-13-19(32-15-5-3-4-14(30)12-15)27-22(26-18)28-8-10-31-11-9-28/h1-2,6-7,13-15,20,30H,3-5,8-12H2/t14-,15-/m0/s1. The van der Waals surface area contributed by atoms with Gasteiger partial charge in [0, 0.05) is 25.6 Å². The van der Waals surface area contributed by atoms with Crippen LogP contribution in [0.15, 0.2) is 30.3 Å². The Morgan fingerprint density at radius 3 is 2.69 bits per heavy atom. The van der Waals surface area contributed by atoms with E-state index in [9.17, 15) is 13.9 Å². The molecule has 1 saturated carbocycles. The van der Waals surface area contributed by atoms with Crippen LogP contribution in [0, 0.1) is 0 Å². The van der Waals surface area contributed by atoms with Crippen LogP contribution in [0.25, 0.3) is 16.9 Å². The van der Waals surface area contributed by atoms with Crippen LogP contribution >= 0.6 is 0 Å². The van der Waals surface area contributed by atoms with Crippen molar-refractivity contribution in [3.8, 4) is 11.7 Å². The van der Waals surface area contributed by atoms with Gasteiger partial charge in [-0.3, -0.25) is 4.57 Å². The van der Waals surface area contributed by atoms with Crippen LogP contribution in [-0.2, 0) is 4.74 Å². The van der Waals surface area contributed by atoms with Gasteiger partial charge in [-0.25, -0.2) is 13.8 Å². The Morgan fingerprint density at radius 1 is 1.09 bits per heavy atom. The third-order valence-electron chi connectivity index (χ3n) is 5.87. The van der Waals surface area contributed by atoms with E-state index in [1.807, 2.05) is 4.90 Å². The minimum absolute atomic E-state index is 0.187. The fraction of sp³-hybridized carbons (Fsp3) is 0.500. The van der Waals surface area contributed by atoms with Crippen molar-refractivity contribution < 1.29 is 23.4 Å². The molecule has 0 amide bonds. The van der Waals surface area contributed by atoms with Crippen LogP contribution in [0.1, 0.15) is 37.9 Å². The molecule has 0 unspecified atom stereocenters. The molecule has 1 saturated heterocycles. The Kier molecular flexibility index (Phi) is 5.88. The first-order valence-electron chi connectivity index (χ1n) is 10.9. The predicted octanol–water partition coefficient (Wildman–Crippen LogP) is 3.27. The summed E-state index contributed by atoms with van der Waals surface area (Å²) in [4.78, 5) is 15.3. The number of nitrogens with zero attached hydrogens (tertiary/aromatic N) is 5. The lowest BCUT2D eigenvalue weighted by Crippen LogP contribution is -2.37. The van der Waals surface area contributed by atoms with Crippen LogP contribution in [-0.4, -0.2) is 63.1 Å². The molecule has 1 aliphatic carbocycles. The van der Waals surface area contributed by atoms with Gasteiger partial charge in [0.05, 0.1) is 30.4 Å². The summed E-state index contributed by atoms with van der Waals surface area (Å²) in [5.74, 6) is 0.595. The van der Waals surface area contributed by atoms with Crippen molar-refractivity contribution in [1.29, 1.82) is 0 Å². The highest BCUT2D eigenvalue weighted by Crippen LogP contribution is 2.30. The first-order valence-corrected chi connectivity index (χ1v) is 10.9. The highest BCUT2D eigenvalue weighted by molar-refractivity contribution is 5.78. The van der Waals surface area contributed by atoms with E-state index in [1.54, 1.807) is 30.3 Å². The molecule has 0 spiro atoms. The number of rotatable bonds is 5. The van der Waals surface area contributed by atoms with Gasteiger partial charge in [0.15, 0.2) is 5.82 Å². The minimum atomic E-state index is -2.78. The molecule has 3 heterocycles. The number of fused-ring (bicyclic) bond motifs is 1. The quantitative estimate of drug-likeness (QED) is 0.645. The SMILES string of the molecule is O[C@H]1CCC[C@H](Oc2cc(-n3c(C(F)F)nc4ccccc43)nc(N3CCOCC3)n2)C1. The number of morpholine rings is 1. The molecule has 2 atom stereocenters. The molecule has 1 aliphatic heterocycles. The monoisotopic (exact) mass is 445 g/mol. The summed E-state index contributed by atoms with van der Waals surface area (Å²) >= 11 is 0. The van der Waals surface area contributed by atoms with E-state index in [2.05, 4.69) is 15.0 Å². The Balaban J connectivity index is 1.60. The lowest BCUT2D eigenvalue weighted by molar-refractivity contribution is 0.0513. The highest BCUT2D eigenvalue weighted by Gasteiger charge is 2.26. The average molecular weight is 445 g/mol. The Labute approximate surface area is 183 Å². The summed E-state index contributed by atoms with van der Waals surface area (Å²) in [6.07, 6.45) is -0.427. The maximum atomic E-state index is 13.9. The number of ether oxygens (including phenoxy) is 2. The van der Waals surface area contributed by atoms with Crippen molar-refractivity contribution in [3.05, 3.63) is 36.2 Å². The summed E-state index contributed by atoms with van der Waals surface area (Å²) < 4.78 is 40.7. The van der Waals surface area contributed by atoms with Crippen molar-refractivity contribution in [3.63, 3.8) is 0 Å². The van der Waals surface area contributed by atoms with Gasteiger partial charge >= 0.3 is 0 Å². The number of anilines is 1. The van der Waals surface area contributed by atoms with Crippen LogP contribution in [0.5, 0.6) is 5.88 Å². The second kappa shape index (κ2) is 8.95. The summed E-state index contributed by atoms with van der Waals surface area (Å²) in [5, 5.41) is 10.0. The zero-order chi connectivity index (χ0) is 22.1. The molecule has 5 rings (SSSR count). The van der Waals surface area contributed by atoms with E-state index >= 15 is 0 Å². The number of imidazole rings is 1. The highest BCUT2D eigenvalue weighted by atomic mass is 19.3.